The fourth-order valence-corrected chi connectivity index (χ4v) is 3.42. The van der Waals surface area contributed by atoms with E-state index in [4.69, 9.17) is 0 Å². The van der Waals surface area contributed by atoms with Crippen molar-refractivity contribution in [1.29, 1.82) is 0 Å². The molecule has 2 rings (SSSR count). The highest BCUT2D eigenvalue weighted by Crippen LogP contribution is 2.25. The van der Waals surface area contributed by atoms with Crippen LogP contribution in [0.15, 0.2) is 18.9 Å². The molecule has 0 bridgehead atoms. The van der Waals surface area contributed by atoms with Gasteiger partial charge in [0.15, 0.2) is 5.13 Å². The zero-order chi connectivity index (χ0) is 15.9. The minimum absolute atomic E-state index is 0.0555. The van der Waals surface area contributed by atoms with E-state index in [1.54, 1.807) is 17.2 Å². The number of hydrogen-bond donors (Lipinski definition) is 1. The van der Waals surface area contributed by atoms with Crippen LogP contribution >= 0.6 is 11.3 Å². The van der Waals surface area contributed by atoms with Crippen LogP contribution in [0, 0.1) is 12.8 Å². The lowest BCUT2D eigenvalue weighted by Gasteiger charge is -2.28. The molecule has 0 saturated heterocycles. The molecule has 120 valence electrons. The molecular weight excluding hydrogens is 298 g/mol. The molecule has 0 unspecified atom stereocenters. The lowest BCUT2D eigenvalue weighted by molar-refractivity contribution is -0.138. The van der Waals surface area contributed by atoms with Crippen molar-refractivity contribution in [3.8, 4) is 0 Å². The number of aryl methyl sites for hydroxylation is 1. The van der Waals surface area contributed by atoms with Crippen molar-refractivity contribution in [2.75, 3.05) is 18.4 Å². The lowest BCUT2D eigenvalue weighted by Crippen LogP contribution is -2.41. The summed E-state index contributed by atoms with van der Waals surface area (Å²) in [6.45, 7) is 6.08. The number of anilines is 1. The van der Waals surface area contributed by atoms with E-state index in [2.05, 4.69) is 16.9 Å². The Balaban J connectivity index is 1.93. The molecule has 1 aliphatic carbocycles. The second-order valence-electron chi connectivity index (χ2n) is 5.67. The standard InChI is InChI=1S/C16H23N3O2S/c1-3-9-19(15(21)13-7-5-4-6-8-13)11-14(20)18-16-17-10-12(2)22-16/h3,10,13H,1,4-9,11H2,2H3,(H,17,18,20). The van der Waals surface area contributed by atoms with Gasteiger partial charge in [0.1, 0.15) is 6.54 Å². The molecule has 1 heterocycles. The fraction of sp³-hybridized carbons (Fsp3) is 0.562. The summed E-state index contributed by atoms with van der Waals surface area (Å²) >= 11 is 1.43. The van der Waals surface area contributed by atoms with Gasteiger partial charge in [-0.1, -0.05) is 25.3 Å². The van der Waals surface area contributed by atoms with Crippen LogP contribution in [0.4, 0.5) is 5.13 Å². The SMILES string of the molecule is C=CCN(CC(=O)Nc1ncc(C)s1)C(=O)C1CCCCC1. The average Bonchev–Trinajstić information content (AvgIpc) is 2.92. The number of rotatable bonds is 6. The summed E-state index contributed by atoms with van der Waals surface area (Å²) in [5, 5.41) is 3.32. The molecular formula is C16H23N3O2S. The van der Waals surface area contributed by atoms with Crippen molar-refractivity contribution in [3.05, 3.63) is 23.7 Å². The Bertz CT molecular complexity index is 535. The van der Waals surface area contributed by atoms with E-state index in [0.29, 0.717) is 11.7 Å². The van der Waals surface area contributed by atoms with Crippen molar-refractivity contribution in [2.45, 2.75) is 39.0 Å². The third kappa shape index (κ3) is 4.66. The first-order valence-corrected chi connectivity index (χ1v) is 8.53. The van der Waals surface area contributed by atoms with Crippen molar-refractivity contribution in [1.82, 2.24) is 9.88 Å². The molecule has 5 nitrogen and oxygen atoms in total. The fourth-order valence-electron chi connectivity index (χ4n) is 2.74. The summed E-state index contributed by atoms with van der Waals surface area (Å²) in [5.74, 6) is -0.0750. The van der Waals surface area contributed by atoms with E-state index in [9.17, 15) is 9.59 Å². The number of carbonyl (C=O) groups is 2. The molecule has 1 saturated carbocycles. The predicted molar refractivity (Wildman–Crippen MR) is 88.8 cm³/mol. The van der Waals surface area contributed by atoms with E-state index in [1.165, 1.54) is 17.8 Å². The molecule has 1 aromatic rings. The molecule has 0 spiro atoms. The highest BCUT2D eigenvalue weighted by Gasteiger charge is 2.26. The Kier molecular flexibility index (Phi) is 6.12. The largest absolute Gasteiger partial charge is 0.329 e. The van der Waals surface area contributed by atoms with E-state index < -0.39 is 0 Å². The Labute approximate surface area is 135 Å². The van der Waals surface area contributed by atoms with Crippen LogP contribution < -0.4 is 5.32 Å². The maximum Gasteiger partial charge on any atom is 0.245 e. The van der Waals surface area contributed by atoms with Crippen LogP contribution in [-0.2, 0) is 9.59 Å². The van der Waals surface area contributed by atoms with E-state index in [0.717, 1.165) is 30.6 Å². The van der Waals surface area contributed by atoms with Crippen LogP contribution in [0.25, 0.3) is 0 Å². The zero-order valence-electron chi connectivity index (χ0n) is 13.0. The molecule has 22 heavy (non-hydrogen) atoms. The van der Waals surface area contributed by atoms with Crippen molar-refractivity contribution >= 4 is 28.3 Å². The molecule has 0 aromatic carbocycles. The van der Waals surface area contributed by atoms with Gasteiger partial charge in [-0.2, -0.15) is 0 Å². The monoisotopic (exact) mass is 321 g/mol. The first-order chi connectivity index (χ1) is 10.6. The Morgan fingerprint density at radius 1 is 1.45 bits per heavy atom. The van der Waals surface area contributed by atoms with Gasteiger partial charge in [0, 0.05) is 23.5 Å². The molecule has 1 N–H and O–H groups in total. The summed E-state index contributed by atoms with van der Waals surface area (Å²) in [6.07, 6.45) is 8.65. The van der Waals surface area contributed by atoms with Gasteiger partial charge in [0.05, 0.1) is 0 Å². The summed E-state index contributed by atoms with van der Waals surface area (Å²) < 4.78 is 0. The third-order valence-electron chi connectivity index (χ3n) is 3.82. The zero-order valence-corrected chi connectivity index (χ0v) is 13.8. The number of aromatic nitrogens is 1. The quantitative estimate of drug-likeness (QED) is 0.819. The highest BCUT2D eigenvalue weighted by atomic mass is 32.1. The Morgan fingerprint density at radius 2 is 2.18 bits per heavy atom. The van der Waals surface area contributed by atoms with E-state index in [-0.39, 0.29) is 24.3 Å². The van der Waals surface area contributed by atoms with Crippen molar-refractivity contribution in [2.24, 2.45) is 5.92 Å². The Morgan fingerprint density at radius 3 is 2.77 bits per heavy atom. The van der Waals surface area contributed by atoms with Gasteiger partial charge in [-0.25, -0.2) is 4.98 Å². The summed E-state index contributed by atoms with van der Waals surface area (Å²) in [4.78, 5) is 31.4. The first kappa shape index (κ1) is 16.7. The van der Waals surface area contributed by atoms with Crippen LogP contribution in [0.5, 0.6) is 0 Å². The predicted octanol–water partition coefficient (Wildman–Crippen LogP) is 2.98. The minimum Gasteiger partial charge on any atom is -0.329 e. The van der Waals surface area contributed by atoms with Crippen LogP contribution in [0.1, 0.15) is 37.0 Å². The second kappa shape index (κ2) is 8.08. The van der Waals surface area contributed by atoms with E-state index in [1.807, 2.05) is 6.92 Å². The van der Waals surface area contributed by atoms with Crippen LogP contribution in [0.3, 0.4) is 0 Å². The number of nitrogens with zero attached hydrogens (tertiary/aromatic N) is 2. The molecule has 2 amide bonds. The highest BCUT2D eigenvalue weighted by molar-refractivity contribution is 7.15. The van der Waals surface area contributed by atoms with Gasteiger partial charge in [-0.05, 0) is 19.8 Å². The van der Waals surface area contributed by atoms with Gasteiger partial charge in [-0.3, -0.25) is 9.59 Å². The normalized spacial score (nSPS) is 15.3. The summed E-state index contributed by atoms with van der Waals surface area (Å²) in [6, 6.07) is 0. The van der Waals surface area contributed by atoms with Crippen LogP contribution in [-0.4, -0.2) is 34.8 Å². The number of nitrogens with one attached hydrogen (secondary N) is 1. The lowest BCUT2D eigenvalue weighted by atomic mass is 9.88. The molecule has 1 fully saturated rings. The van der Waals surface area contributed by atoms with Gasteiger partial charge >= 0.3 is 0 Å². The Hall–Kier alpha value is -1.69. The number of hydrogen-bond acceptors (Lipinski definition) is 4. The first-order valence-electron chi connectivity index (χ1n) is 7.72. The number of carbonyl (C=O) groups excluding carboxylic acids is 2. The van der Waals surface area contributed by atoms with Gasteiger partial charge in [-0.15, -0.1) is 17.9 Å². The molecule has 0 radical (unpaired) electrons. The summed E-state index contributed by atoms with van der Waals surface area (Å²) in [7, 11) is 0. The van der Waals surface area contributed by atoms with E-state index >= 15 is 0 Å². The summed E-state index contributed by atoms with van der Waals surface area (Å²) in [5.41, 5.74) is 0. The second-order valence-corrected chi connectivity index (χ2v) is 6.90. The topological polar surface area (TPSA) is 62.3 Å². The third-order valence-corrected chi connectivity index (χ3v) is 4.65. The van der Waals surface area contributed by atoms with Crippen molar-refractivity contribution in [3.63, 3.8) is 0 Å². The molecule has 1 aromatic heterocycles. The maximum absolute atomic E-state index is 12.6. The average molecular weight is 321 g/mol. The van der Waals surface area contributed by atoms with Gasteiger partial charge < -0.3 is 10.2 Å². The smallest absolute Gasteiger partial charge is 0.245 e. The van der Waals surface area contributed by atoms with Gasteiger partial charge in [0.25, 0.3) is 0 Å². The maximum atomic E-state index is 12.6. The van der Waals surface area contributed by atoms with Crippen LogP contribution in [0.2, 0.25) is 0 Å². The number of amides is 2. The molecule has 6 heteroatoms. The van der Waals surface area contributed by atoms with Crippen molar-refractivity contribution < 1.29 is 9.59 Å². The molecule has 0 aliphatic heterocycles. The minimum atomic E-state index is -0.208. The number of thiazole rings is 1. The molecule has 1 aliphatic rings. The molecule has 0 atom stereocenters. The van der Waals surface area contributed by atoms with Gasteiger partial charge in [0.2, 0.25) is 11.8 Å².